The van der Waals surface area contributed by atoms with Crippen molar-refractivity contribution < 1.29 is 18.5 Å². The van der Waals surface area contributed by atoms with Crippen LogP contribution in [-0.4, -0.2) is 4.89 Å². The molecule has 1 aliphatic heterocycles. The molecular weight excluding hydrogens is 623 g/mol. The van der Waals surface area contributed by atoms with Crippen molar-refractivity contribution in [3.63, 3.8) is 0 Å². The van der Waals surface area contributed by atoms with Crippen LogP contribution in [0.5, 0.6) is 11.5 Å². The van der Waals surface area contributed by atoms with Gasteiger partial charge in [-0.15, -0.1) is 0 Å². The zero-order valence-electron chi connectivity index (χ0n) is 28.8. The van der Waals surface area contributed by atoms with Crippen LogP contribution in [0, 0.1) is 0 Å². The molecule has 4 aromatic rings. The van der Waals surface area contributed by atoms with E-state index in [1.165, 1.54) is 97.6 Å². The highest BCUT2D eigenvalue weighted by Crippen LogP contribution is 2.61. The van der Waals surface area contributed by atoms with Gasteiger partial charge in [0.25, 0.3) is 0 Å². The number of hydrogen-bond donors (Lipinski definition) is 1. The molecule has 4 aromatic carbocycles. The quantitative estimate of drug-likeness (QED) is 0.219. The lowest BCUT2D eigenvalue weighted by atomic mass is 9.77. The summed E-state index contributed by atoms with van der Waals surface area (Å²) in [6.45, 7) is 0. The Bertz CT molecular complexity index is 1780. The average Bonchev–Trinajstić information content (AvgIpc) is 3.28. The molecule has 4 nitrogen and oxygen atoms in total. The Morgan fingerprint density at radius 2 is 0.898 bits per heavy atom. The van der Waals surface area contributed by atoms with Crippen LogP contribution in [0.1, 0.15) is 135 Å². The summed E-state index contributed by atoms with van der Waals surface area (Å²) in [4.78, 5) is 11.5. The fraction of sp³-hybridized carbons (Fsp3) is 0.455. The molecule has 0 atom stereocenters. The van der Waals surface area contributed by atoms with Gasteiger partial charge in [0.1, 0.15) is 11.5 Å². The van der Waals surface area contributed by atoms with Crippen LogP contribution in [0.4, 0.5) is 0 Å². The second-order valence-corrected chi connectivity index (χ2v) is 16.8. The average molecular weight is 673 g/mol. The van der Waals surface area contributed by atoms with Gasteiger partial charge in [-0.2, -0.15) is 0 Å². The summed E-state index contributed by atoms with van der Waals surface area (Å²) >= 11 is 0. The van der Waals surface area contributed by atoms with E-state index < -0.39 is 7.82 Å². The molecule has 5 heteroatoms. The fourth-order valence-corrected chi connectivity index (χ4v) is 10.8. The van der Waals surface area contributed by atoms with E-state index in [1.54, 1.807) is 0 Å². The third-order valence-corrected chi connectivity index (χ3v) is 13.3. The predicted molar refractivity (Wildman–Crippen MR) is 199 cm³/mol. The highest BCUT2D eigenvalue weighted by molar-refractivity contribution is 7.48. The van der Waals surface area contributed by atoms with Gasteiger partial charge in [-0.3, -0.25) is 4.89 Å². The van der Waals surface area contributed by atoms with Crippen molar-refractivity contribution in [2.45, 2.75) is 127 Å². The van der Waals surface area contributed by atoms with E-state index >= 15 is 0 Å². The molecule has 0 radical (unpaired) electrons. The van der Waals surface area contributed by atoms with Crippen molar-refractivity contribution in [3.05, 3.63) is 94.0 Å². The number of benzene rings is 4. The topological polar surface area (TPSA) is 55.8 Å². The first-order valence-corrected chi connectivity index (χ1v) is 20.8. The number of fused-ring (bicyclic) bond motifs is 7. The molecule has 0 spiro atoms. The molecule has 0 saturated heterocycles. The van der Waals surface area contributed by atoms with Crippen molar-refractivity contribution in [3.8, 4) is 44.9 Å². The number of phosphoric acid groups is 1. The molecule has 254 valence electrons. The van der Waals surface area contributed by atoms with Gasteiger partial charge in [-0.05, 0) is 146 Å². The van der Waals surface area contributed by atoms with E-state index in [1.807, 2.05) is 0 Å². The minimum absolute atomic E-state index is 0.521. The second-order valence-electron chi connectivity index (χ2n) is 15.5. The molecule has 1 heterocycles. The maximum Gasteiger partial charge on any atom is 0.584 e. The van der Waals surface area contributed by atoms with Crippen molar-refractivity contribution in [1.82, 2.24) is 0 Å². The molecule has 5 aliphatic rings. The highest BCUT2D eigenvalue weighted by Gasteiger charge is 2.40. The molecular formula is C44H49O4P. The standard InChI is InChI=1S/C44H49O4P/c45-49(46)47-43-39(33-23-19-31(20-24-33)29-11-3-1-4-12-29)27-35-15-7-9-17-37(35)41(43)42-38-18-10-8-16-36(38)28-40(44(42)48-49)34-25-21-32(22-26-34)30-13-5-2-6-14-30/h19-30H,1-18H2,(H,45,46). The normalized spacial score (nSPS) is 20.5. The van der Waals surface area contributed by atoms with Crippen LogP contribution in [0.25, 0.3) is 33.4 Å². The molecule has 0 bridgehead atoms. The summed E-state index contributed by atoms with van der Waals surface area (Å²) in [6.07, 6.45) is 21.3. The van der Waals surface area contributed by atoms with Crippen LogP contribution < -0.4 is 9.05 Å². The molecule has 4 aliphatic carbocycles. The first-order valence-electron chi connectivity index (χ1n) is 19.3. The Balaban J connectivity index is 1.24. The molecule has 0 amide bonds. The van der Waals surface area contributed by atoms with Crippen molar-refractivity contribution in [2.24, 2.45) is 0 Å². The van der Waals surface area contributed by atoms with Crippen molar-refractivity contribution in [2.75, 3.05) is 0 Å². The van der Waals surface area contributed by atoms with Crippen LogP contribution in [0.3, 0.4) is 0 Å². The van der Waals surface area contributed by atoms with Gasteiger partial charge >= 0.3 is 7.82 Å². The number of phosphoric ester groups is 1. The van der Waals surface area contributed by atoms with Crippen LogP contribution in [0.2, 0.25) is 0 Å². The van der Waals surface area contributed by atoms with E-state index in [-0.39, 0.29) is 0 Å². The smallest absolute Gasteiger partial charge is 0.394 e. The first kappa shape index (κ1) is 31.6. The third-order valence-electron chi connectivity index (χ3n) is 12.5. The van der Waals surface area contributed by atoms with Gasteiger partial charge in [0, 0.05) is 22.3 Å². The summed E-state index contributed by atoms with van der Waals surface area (Å²) in [6, 6.07) is 22.5. The van der Waals surface area contributed by atoms with Gasteiger partial charge in [-0.25, -0.2) is 4.57 Å². The number of aryl methyl sites for hydroxylation is 2. The van der Waals surface area contributed by atoms with Gasteiger partial charge in [0.2, 0.25) is 0 Å². The molecule has 2 saturated carbocycles. The van der Waals surface area contributed by atoms with Crippen LogP contribution in [0.15, 0.2) is 60.7 Å². The maximum atomic E-state index is 14.1. The zero-order chi connectivity index (χ0) is 33.0. The molecule has 2 fully saturated rings. The summed E-state index contributed by atoms with van der Waals surface area (Å²) in [5.41, 5.74) is 13.9. The van der Waals surface area contributed by atoms with E-state index in [0.29, 0.717) is 23.3 Å². The Labute approximate surface area is 291 Å². The highest BCUT2D eigenvalue weighted by atomic mass is 31.2. The van der Waals surface area contributed by atoms with E-state index in [4.69, 9.17) is 9.05 Å². The summed E-state index contributed by atoms with van der Waals surface area (Å²) in [5.74, 6) is 2.29. The lowest BCUT2D eigenvalue weighted by Gasteiger charge is -2.28. The number of rotatable bonds is 4. The van der Waals surface area contributed by atoms with E-state index in [9.17, 15) is 9.46 Å². The van der Waals surface area contributed by atoms with E-state index in [0.717, 1.165) is 84.7 Å². The lowest BCUT2D eigenvalue weighted by molar-refractivity contribution is 0.295. The predicted octanol–water partition coefficient (Wildman–Crippen LogP) is 12.4. The Morgan fingerprint density at radius 1 is 0.510 bits per heavy atom. The minimum atomic E-state index is -4.52. The Morgan fingerprint density at radius 3 is 1.31 bits per heavy atom. The third kappa shape index (κ3) is 5.98. The van der Waals surface area contributed by atoms with Crippen LogP contribution >= 0.6 is 7.82 Å². The van der Waals surface area contributed by atoms with Crippen molar-refractivity contribution >= 4 is 7.82 Å². The maximum absolute atomic E-state index is 14.1. The molecule has 0 aromatic heterocycles. The van der Waals surface area contributed by atoms with Gasteiger partial charge < -0.3 is 9.05 Å². The molecule has 0 unspecified atom stereocenters. The second kappa shape index (κ2) is 13.1. The Hall–Kier alpha value is -3.33. The van der Waals surface area contributed by atoms with E-state index in [2.05, 4.69) is 60.7 Å². The largest absolute Gasteiger partial charge is 0.584 e. The minimum Gasteiger partial charge on any atom is -0.394 e. The van der Waals surface area contributed by atoms with Gasteiger partial charge in [0.15, 0.2) is 0 Å². The number of hydrogen-bond acceptors (Lipinski definition) is 3. The lowest BCUT2D eigenvalue weighted by Crippen LogP contribution is -2.10. The monoisotopic (exact) mass is 672 g/mol. The molecule has 1 N–H and O–H groups in total. The summed E-state index contributed by atoms with van der Waals surface area (Å²) < 4.78 is 26.7. The van der Waals surface area contributed by atoms with Crippen LogP contribution in [-0.2, 0) is 30.2 Å². The molecule has 49 heavy (non-hydrogen) atoms. The first-order chi connectivity index (χ1) is 24.0. The molecule has 9 rings (SSSR count). The summed E-state index contributed by atoms with van der Waals surface area (Å²) in [7, 11) is -4.52. The summed E-state index contributed by atoms with van der Waals surface area (Å²) in [5, 5.41) is 0. The van der Waals surface area contributed by atoms with Gasteiger partial charge in [-0.1, -0.05) is 87.1 Å². The SMILES string of the molecule is O=P1(O)Oc2c(-c3ccc(C4CCCCC4)cc3)cc3c(c2-c2c4c(cc(-c5ccc(C6CCCCC6)cc5)c2O1)CCCC4)CCCC3. The van der Waals surface area contributed by atoms with Crippen molar-refractivity contribution in [1.29, 1.82) is 0 Å². The Kier molecular flexibility index (Phi) is 8.45. The fourth-order valence-electron chi connectivity index (χ4n) is 9.91. The van der Waals surface area contributed by atoms with Gasteiger partial charge in [0.05, 0.1) is 0 Å². The zero-order valence-corrected chi connectivity index (χ0v) is 29.7.